The summed E-state index contributed by atoms with van der Waals surface area (Å²) < 4.78 is 5.59. The smallest absolute Gasteiger partial charge is 0.243 e. The zero-order valence-corrected chi connectivity index (χ0v) is 25.2. The summed E-state index contributed by atoms with van der Waals surface area (Å²) in [6.07, 6.45) is 3.05. The molecule has 0 saturated carbocycles. The van der Waals surface area contributed by atoms with Gasteiger partial charge in [-0.25, -0.2) is 0 Å². The summed E-state index contributed by atoms with van der Waals surface area (Å²) in [5.41, 5.74) is 0.311. The van der Waals surface area contributed by atoms with E-state index < -0.39 is 23.6 Å². The highest BCUT2D eigenvalue weighted by molar-refractivity contribution is 5.93. The molecule has 2 fully saturated rings. The lowest BCUT2D eigenvalue weighted by Crippen LogP contribution is -2.55. The van der Waals surface area contributed by atoms with Gasteiger partial charge in [0, 0.05) is 44.6 Å². The minimum absolute atomic E-state index is 0. The van der Waals surface area contributed by atoms with Crippen molar-refractivity contribution in [2.75, 3.05) is 32.8 Å². The van der Waals surface area contributed by atoms with Crippen molar-refractivity contribution in [3.05, 3.63) is 48.0 Å². The number of aliphatic hydroxyl groups is 1. The molecule has 3 amide bonds. The van der Waals surface area contributed by atoms with E-state index in [1.165, 1.54) is 0 Å². The number of nitrogens with one attached hydrogen (secondary N) is 3. The third-order valence-electron chi connectivity index (χ3n) is 7.63. The fraction of sp³-hybridized carbons (Fsp3) is 0.581. The van der Waals surface area contributed by atoms with E-state index in [9.17, 15) is 19.5 Å². The lowest BCUT2D eigenvalue weighted by Gasteiger charge is -2.31. The monoisotopic (exact) mass is 588 g/mol. The zero-order chi connectivity index (χ0) is 28.7. The Kier molecular flexibility index (Phi) is 12.0. The minimum Gasteiger partial charge on any atom is -0.390 e. The summed E-state index contributed by atoms with van der Waals surface area (Å²) in [6, 6.07) is 12.5. The van der Waals surface area contributed by atoms with Crippen LogP contribution in [0.1, 0.15) is 52.0 Å². The summed E-state index contributed by atoms with van der Waals surface area (Å²) in [5, 5.41) is 21.5. The number of halogens is 1. The third-order valence-corrected chi connectivity index (χ3v) is 7.63. The van der Waals surface area contributed by atoms with E-state index in [1.54, 1.807) is 4.90 Å². The van der Waals surface area contributed by atoms with E-state index in [-0.39, 0.29) is 49.2 Å². The summed E-state index contributed by atoms with van der Waals surface area (Å²) in [6.45, 7) is 7.89. The number of carbonyl (C=O) groups is 3. The Labute approximate surface area is 249 Å². The van der Waals surface area contributed by atoms with Crippen molar-refractivity contribution in [2.24, 2.45) is 5.41 Å². The summed E-state index contributed by atoms with van der Waals surface area (Å²) in [7, 11) is 0. The van der Waals surface area contributed by atoms with E-state index in [4.69, 9.17) is 4.74 Å². The maximum atomic E-state index is 13.5. The summed E-state index contributed by atoms with van der Waals surface area (Å²) in [5.74, 6) is -0.763. The average molecular weight is 589 g/mol. The largest absolute Gasteiger partial charge is 0.390 e. The molecular formula is C31H45ClN4O5. The highest BCUT2D eigenvalue weighted by Crippen LogP contribution is 2.26. The van der Waals surface area contributed by atoms with Gasteiger partial charge in [0.2, 0.25) is 17.7 Å². The molecule has 41 heavy (non-hydrogen) atoms. The van der Waals surface area contributed by atoms with Crippen molar-refractivity contribution in [2.45, 2.75) is 77.2 Å². The number of hydrogen-bond acceptors (Lipinski definition) is 6. The third kappa shape index (κ3) is 9.13. The fourth-order valence-electron chi connectivity index (χ4n) is 5.42. The first kappa shape index (κ1) is 32.8. The molecule has 2 aliphatic rings. The molecule has 2 aliphatic heterocycles. The van der Waals surface area contributed by atoms with E-state index in [0.29, 0.717) is 26.1 Å². The van der Waals surface area contributed by atoms with E-state index in [2.05, 4.69) is 16.0 Å². The van der Waals surface area contributed by atoms with Crippen molar-refractivity contribution in [3.8, 4) is 0 Å². The number of fused-ring (bicyclic) bond motifs is 1. The quantitative estimate of drug-likeness (QED) is 0.320. The predicted molar refractivity (Wildman–Crippen MR) is 162 cm³/mol. The normalized spacial score (nSPS) is 20.3. The van der Waals surface area contributed by atoms with Gasteiger partial charge < -0.3 is 30.7 Å². The SMILES string of the molecule is CC(C)(C)C(=O)N1CCCC1C(=O)N[C@H](Cc1ccc2ccccc2c1)C(=O)NCC(O)CNCC1CCCO1.Cl. The molecule has 2 saturated heterocycles. The molecule has 2 heterocycles. The molecule has 4 rings (SSSR count). The van der Waals surface area contributed by atoms with Crippen LogP contribution in [0.15, 0.2) is 42.5 Å². The van der Waals surface area contributed by atoms with Crippen LogP contribution < -0.4 is 16.0 Å². The number of amides is 3. The van der Waals surface area contributed by atoms with Crippen LogP contribution >= 0.6 is 12.4 Å². The van der Waals surface area contributed by atoms with Gasteiger partial charge in [-0.05, 0) is 42.0 Å². The molecule has 10 heteroatoms. The highest BCUT2D eigenvalue weighted by Gasteiger charge is 2.39. The Bertz CT molecular complexity index is 1180. The Balaban J connectivity index is 0.00000462. The fourth-order valence-corrected chi connectivity index (χ4v) is 5.42. The molecule has 0 aliphatic carbocycles. The number of hydrogen-bond donors (Lipinski definition) is 4. The standard InChI is InChI=1S/C31H44N4O5.ClH/c1-31(2,3)30(39)35-14-6-11-27(35)29(38)34-26(17-21-12-13-22-8-4-5-9-23(22)16-21)28(37)33-19-24(36)18-32-20-25-10-7-15-40-25;/h4-5,8-9,12-13,16,24-27,32,36H,6-7,10-11,14-15,17-20H2,1-3H3,(H,33,37)(H,34,38);1H/t24?,25?,26-,27?;/m1./s1. The van der Waals surface area contributed by atoms with Gasteiger partial charge in [0.1, 0.15) is 12.1 Å². The topological polar surface area (TPSA) is 120 Å². The van der Waals surface area contributed by atoms with Crippen molar-refractivity contribution in [1.29, 1.82) is 0 Å². The maximum absolute atomic E-state index is 13.5. The van der Waals surface area contributed by atoms with Crippen molar-refractivity contribution in [3.63, 3.8) is 0 Å². The van der Waals surface area contributed by atoms with Crippen LogP contribution in [0, 0.1) is 5.41 Å². The van der Waals surface area contributed by atoms with Crippen LogP contribution in [0.4, 0.5) is 0 Å². The molecule has 9 nitrogen and oxygen atoms in total. The van der Waals surface area contributed by atoms with Gasteiger partial charge in [0.25, 0.3) is 0 Å². The molecule has 0 bridgehead atoms. The Hall–Kier alpha value is -2.72. The van der Waals surface area contributed by atoms with Crippen molar-refractivity contribution >= 4 is 40.9 Å². The first-order chi connectivity index (χ1) is 19.1. The predicted octanol–water partition coefficient (Wildman–Crippen LogP) is 2.57. The van der Waals surface area contributed by atoms with Crippen LogP contribution in [-0.2, 0) is 25.5 Å². The molecule has 2 aromatic carbocycles. The summed E-state index contributed by atoms with van der Waals surface area (Å²) >= 11 is 0. The number of ether oxygens (including phenoxy) is 1. The van der Waals surface area contributed by atoms with Crippen LogP contribution in [0.25, 0.3) is 10.8 Å². The molecule has 0 spiro atoms. The lowest BCUT2D eigenvalue weighted by atomic mass is 9.94. The molecule has 4 atom stereocenters. The lowest BCUT2D eigenvalue weighted by molar-refractivity contribution is -0.145. The van der Waals surface area contributed by atoms with Crippen LogP contribution in [-0.4, -0.2) is 84.8 Å². The van der Waals surface area contributed by atoms with E-state index in [0.717, 1.165) is 42.2 Å². The second-order valence-electron chi connectivity index (χ2n) is 12.0. The Morgan fingerprint density at radius 3 is 2.51 bits per heavy atom. The number of likely N-dealkylation sites (tertiary alicyclic amines) is 1. The molecule has 226 valence electrons. The van der Waals surface area contributed by atoms with Gasteiger partial charge >= 0.3 is 0 Å². The van der Waals surface area contributed by atoms with Crippen LogP contribution in [0.3, 0.4) is 0 Å². The highest BCUT2D eigenvalue weighted by atomic mass is 35.5. The summed E-state index contributed by atoms with van der Waals surface area (Å²) in [4.78, 5) is 41.5. The molecule has 2 aromatic rings. The molecule has 0 radical (unpaired) electrons. The van der Waals surface area contributed by atoms with Gasteiger partial charge in [0.05, 0.1) is 12.2 Å². The number of aliphatic hydroxyl groups excluding tert-OH is 1. The van der Waals surface area contributed by atoms with Gasteiger partial charge in [-0.3, -0.25) is 14.4 Å². The average Bonchev–Trinajstić information content (AvgIpc) is 3.63. The van der Waals surface area contributed by atoms with E-state index >= 15 is 0 Å². The number of rotatable bonds is 11. The second-order valence-corrected chi connectivity index (χ2v) is 12.0. The van der Waals surface area contributed by atoms with Gasteiger partial charge in [-0.15, -0.1) is 12.4 Å². The number of benzene rings is 2. The van der Waals surface area contributed by atoms with Gasteiger partial charge in [0.15, 0.2) is 0 Å². The maximum Gasteiger partial charge on any atom is 0.243 e. The second kappa shape index (κ2) is 15.0. The molecule has 0 aromatic heterocycles. The van der Waals surface area contributed by atoms with Crippen molar-refractivity contribution < 1.29 is 24.2 Å². The molecular weight excluding hydrogens is 544 g/mol. The first-order valence-electron chi connectivity index (χ1n) is 14.5. The minimum atomic E-state index is -0.854. The molecule has 3 unspecified atom stereocenters. The van der Waals surface area contributed by atoms with Gasteiger partial charge in [-0.2, -0.15) is 0 Å². The number of nitrogens with zero attached hydrogens (tertiary/aromatic N) is 1. The van der Waals surface area contributed by atoms with Crippen LogP contribution in [0.2, 0.25) is 0 Å². The molecule has 4 N–H and O–H groups in total. The Morgan fingerprint density at radius 2 is 1.80 bits per heavy atom. The Morgan fingerprint density at radius 1 is 1.05 bits per heavy atom. The zero-order valence-electron chi connectivity index (χ0n) is 24.4. The van der Waals surface area contributed by atoms with Crippen LogP contribution in [0.5, 0.6) is 0 Å². The van der Waals surface area contributed by atoms with Gasteiger partial charge in [-0.1, -0.05) is 63.2 Å². The van der Waals surface area contributed by atoms with E-state index in [1.807, 2.05) is 63.2 Å². The first-order valence-corrected chi connectivity index (χ1v) is 14.5. The number of carbonyl (C=O) groups excluding carboxylic acids is 3. The van der Waals surface area contributed by atoms with Crippen molar-refractivity contribution in [1.82, 2.24) is 20.9 Å².